The average Bonchev–Trinajstić information content (AvgIpc) is 3.51. The second kappa shape index (κ2) is 7.28. The Kier molecular flexibility index (Phi) is 4.75. The van der Waals surface area contributed by atoms with Gasteiger partial charge in [-0.05, 0) is 81.9 Å². The third kappa shape index (κ3) is 3.17. The topological polar surface area (TPSA) is 63.5 Å². The van der Waals surface area contributed by atoms with Crippen LogP contribution in [0.1, 0.15) is 42.4 Å². The molecule has 0 N–H and O–H groups in total. The van der Waals surface area contributed by atoms with Gasteiger partial charge in [0.25, 0.3) is 0 Å². The van der Waals surface area contributed by atoms with E-state index in [2.05, 4.69) is 20.9 Å². The van der Waals surface area contributed by atoms with Crippen LogP contribution in [0, 0.1) is 30.0 Å². The summed E-state index contributed by atoms with van der Waals surface area (Å²) >= 11 is 0. The van der Waals surface area contributed by atoms with Crippen LogP contribution in [0.2, 0.25) is 0 Å². The van der Waals surface area contributed by atoms with Crippen LogP contribution < -0.4 is 4.90 Å². The standard InChI is InChI=1S/C25H28FN5O/c1-17-9-19(11-27)12-28-22(17)30-16-24(31(23(30)32)13-18-7-8-18)14-25(15-24,29(2)3)20-5-4-6-21(26)10-20/h4-6,9-10,12,18H,7-8,13-16H2,1-3H3/t24-,25+. The van der Waals surface area contributed by atoms with Gasteiger partial charge in [0.05, 0.1) is 23.2 Å². The molecule has 2 amide bonds. The van der Waals surface area contributed by atoms with E-state index in [4.69, 9.17) is 0 Å². The molecule has 2 saturated carbocycles. The monoisotopic (exact) mass is 433 g/mol. The zero-order valence-corrected chi connectivity index (χ0v) is 18.8. The van der Waals surface area contributed by atoms with Gasteiger partial charge in [-0.2, -0.15) is 5.26 Å². The largest absolute Gasteiger partial charge is 0.326 e. The Balaban J connectivity index is 1.50. The molecule has 166 valence electrons. The molecule has 1 aromatic heterocycles. The Morgan fingerprint density at radius 1 is 1.28 bits per heavy atom. The number of nitriles is 1. The lowest BCUT2D eigenvalue weighted by Crippen LogP contribution is -2.67. The van der Waals surface area contributed by atoms with E-state index in [1.54, 1.807) is 23.1 Å². The third-order valence-electron chi connectivity index (χ3n) is 7.52. The first-order chi connectivity index (χ1) is 15.3. The quantitative estimate of drug-likeness (QED) is 0.714. The predicted octanol–water partition coefficient (Wildman–Crippen LogP) is 4.04. The number of nitrogens with zero attached hydrogens (tertiary/aromatic N) is 5. The van der Waals surface area contributed by atoms with E-state index in [1.807, 2.05) is 27.1 Å². The number of rotatable bonds is 5. The molecule has 32 heavy (non-hydrogen) atoms. The average molecular weight is 434 g/mol. The maximum atomic E-state index is 14.1. The van der Waals surface area contributed by atoms with Crippen LogP contribution in [0.25, 0.3) is 0 Å². The summed E-state index contributed by atoms with van der Waals surface area (Å²) in [6.45, 7) is 3.21. The Bertz CT molecular complexity index is 1110. The minimum absolute atomic E-state index is 0.0104. The first kappa shape index (κ1) is 20.9. The maximum Gasteiger partial charge on any atom is 0.326 e. The normalized spacial score (nSPS) is 27.2. The number of carbonyl (C=O) groups is 1. The van der Waals surface area contributed by atoms with Crippen molar-refractivity contribution in [3.8, 4) is 6.07 Å². The highest BCUT2D eigenvalue weighted by atomic mass is 19.1. The van der Waals surface area contributed by atoms with Crippen LogP contribution in [0.4, 0.5) is 15.0 Å². The number of halogens is 1. The van der Waals surface area contributed by atoms with Gasteiger partial charge in [-0.1, -0.05) is 12.1 Å². The van der Waals surface area contributed by atoms with Gasteiger partial charge in [0.2, 0.25) is 0 Å². The van der Waals surface area contributed by atoms with Gasteiger partial charge >= 0.3 is 6.03 Å². The summed E-state index contributed by atoms with van der Waals surface area (Å²) in [6, 6.07) is 10.7. The van der Waals surface area contributed by atoms with Crippen molar-refractivity contribution in [1.82, 2.24) is 14.8 Å². The van der Waals surface area contributed by atoms with Gasteiger partial charge < -0.3 is 4.90 Å². The van der Waals surface area contributed by atoms with E-state index in [0.29, 0.717) is 23.8 Å². The molecule has 0 radical (unpaired) electrons. The fourth-order valence-corrected chi connectivity index (χ4v) is 5.60. The number of carbonyl (C=O) groups excluding carboxylic acids is 1. The van der Waals surface area contributed by atoms with Crippen molar-refractivity contribution in [2.45, 2.75) is 43.7 Å². The number of aryl methyl sites for hydroxylation is 1. The minimum atomic E-state index is -0.312. The second-order valence-electron chi connectivity index (χ2n) is 9.91. The van der Waals surface area contributed by atoms with Gasteiger partial charge in [-0.3, -0.25) is 9.80 Å². The van der Waals surface area contributed by atoms with E-state index >= 15 is 0 Å². The molecule has 3 aliphatic rings. The highest BCUT2D eigenvalue weighted by molar-refractivity contribution is 5.95. The van der Waals surface area contributed by atoms with Gasteiger partial charge in [-0.25, -0.2) is 14.2 Å². The molecule has 3 fully saturated rings. The zero-order chi connectivity index (χ0) is 22.7. The molecular formula is C25H28FN5O. The van der Waals surface area contributed by atoms with Crippen LogP contribution >= 0.6 is 0 Å². The molecule has 1 aliphatic heterocycles. The van der Waals surface area contributed by atoms with Gasteiger partial charge in [0.1, 0.15) is 17.7 Å². The molecule has 0 atom stereocenters. The fraction of sp³-hybridized carbons (Fsp3) is 0.480. The number of anilines is 1. The SMILES string of the molecule is Cc1cc(C#N)cnc1N1C[C@]2(C[C@](c3cccc(F)c3)(N(C)C)C2)N(CC2CC2)C1=O. The van der Waals surface area contributed by atoms with Crippen LogP contribution in [0.3, 0.4) is 0 Å². The van der Waals surface area contributed by atoms with Crippen molar-refractivity contribution in [2.24, 2.45) is 5.92 Å². The highest BCUT2D eigenvalue weighted by Crippen LogP contribution is 2.57. The molecule has 0 bridgehead atoms. The van der Waals surface area contributed by atoms with Crippen LogP contribution in [0.5, 0.6) is 0 Å². The molecule has 7 heteroatoms. The third-order valence-corrected chi connectivity index (χ3v) is 7.52. The van der Waals surface area contributed by atoms with Crippen LogP contribution in [-0.2, 0) is 5.54 Å². The molecular weight excluding hydrogens is 405 g/mol. The predicted molar refractivity (Wildman–Crippen MR) is 120 cm³/mol. The number of benzene rings is 1. The number of hydrogen-bond acceptors (Lipinski definition) is 4. The van der Waals surface area contributed by atoms with E-state index < -0.39 is 0 Å². The van der Waals surface area contributed by atoms with Gasteiger partial charge in [0, 0.05) is 12.7 Å². The molecule has 2 aliphatic carbocycles. The molecule has 2 aromatic rings. The van der Waals surface area contributed by atoms with Crippen molar-refractivity contribution >= 4 is 11.8 Å². The molecule has 5 rings (SSSR count). The molecule has 2 heterocycles. The first-order valence-electron chi connectivity index (χ1n) is 11.2. The number of amides is 2. The highest BCUT2D eigenvalue weighted by Gasteiger charge is 2.65. The summed E-state index contributed by atoms with van der Waals surface area (Å²) in [6.07, 6.45) is 5.36. The van der Waals surface area contributed by atoms with Gasteiger partial charge in [0.15, 0.2) is 0 Å². The molecule has 1 spiro atoms. The molecule has 1 saturated heterocycles. The summed E-state index contributed by atoms with van der Waals surface area (Å²) in [5.41, 5.74) is 1.65. The Labute approximate surface area is 188 Å². The van der Waals surface area contributed by atoms with Crippen molar-refractivity contribution in [2.75, 3.05) is 32.1 Å². The van der Waals surface area contributed by atoms with E-state index in [-0.39, 0.29) is 22.9 Å². The van der Waals surface area contributed by atoms with E-state index in [1.165, 1.54) is 12.3 Å². The summed E-state index contributed by atoms with van der Waals surface area (Å²) in [7, 11) is 4.06. The van der Waals surface area contributed by atoms with Gasteiger partial charge in [-0.15, -0.1) is 0 Å². The number of pyridine rings is 1. The van der Waals surface area contributed by atoms with Crippen LogP contribution in [0.15, 0.2) is 36.5 Å². The van der Waals surface area contributed by atoms with Crippen molar-refractivity contribution in [3.63, 3.8) is 0 Å². The Morgan fingerprint density at radius 3 is 2.62 bits per heavy atom. The lowest BCUT2D eigenvalue weighted by atomic mass is 9.58. The zero-order valence-electron chi connectivity index (χ0n) is 18.8. The lowest BCUT2D eigenvalue weighted by molar-refractivity contribution is -0.0681. The number of urea groups is 1. The summed E-state index contributed by atoms with van der Waals surface area (Å²) in [5, 5.41) is 9.18. The van der Waals surface area contributed by atoms with E-state index in [9.17, 15) is 14.4 Å². The van der Waals surface area contributed by atoms with Crippen molar-refractivity contribution < 1.29 is 9.18 Å². The summed E-state index contributed by atoms with van der Waals surface area (Å²) in [5.74, 6) is 0.954. The molecule has 6 nitrogen and oxygen atoms in total. The van der Waals surface area contributed by atoms with Crippen molar-refractivity contribution in [1.29, 1.82) is 5.26 Å². The molecule has 1 aromatic carbocycles. The summed E-state index contributed by atoms with van der Waals surface area (Å²) in [4.78, 5) is 24.1. The maximum absolute atomic E-state index is 14.1. The smallest absolute Gasteiger partial charge is 0.316 e. The Morgan fingerprint density at radius 2 is 2.03 bits per heavy atom. The second-order valence-corrected chi connectivity index (χ2v) is 9.91. The first-order valence-corrected chi connectivity index (χ1v) is 11.2. The minimum Gasteiger partial charge on any atom is -0.316 e. The van der Waals surface area contributed by atoms with Crippen LogP contribution in [-0.4, -0.2) is 53.5 Å². The van der Waals surface area contributed by atoms with Crippen molar-refractivity contribution in [3.05, 3.63) is 59.0 Å². The molecule has 0 unspecified atom stereocenters. The Hall–Kier alpha value is -2.98. The number of aromatic nitrogens is 1. The van der Waals surface area contributed by atoms with E-state index in [0.717, 1.165) is 43.4 Å². The fourth-order valence-electron chi connectivity index (χ4n) is 5.60. The lowest BCUT2D eigenvalue weighted by Gasteiger charge is -2.60. The summed E-state index contributed by atoms with van der Waals surface area (Å²) < 4.78 is 14.1. The number of hydrogen-bond donors (Lipinski definition) is 0.